The van der Waals surface area contributed by atoms with Crippen LogP contribution in [-0.4, -0.2) is 12.6 Å². The van der Waals surface area contributed by atoms with Crippen molar-refractivity contribution in [1.82, 2.24) is 0 Å². The molecule has 0 bridgehead atoms. The molecule has 2 N–H and O–H groups in total. The van der Waals surface area contributed by atoms with E-state index < -0.39 is 0 Å². The van der Waals surface area contributed by atoms with Gasteiger partial charge in [0.25, 0.3) is 0 Å². The molecule has 102 valence electrons. The minimum atomic E-state index is 0.0929. The first-order chi connectivity index (χ1) is 9.06. The predicted octanol–water partition coefficient (Wildman–Crippen LogP) is 3.41. The second-order valence-electron chi connectivity index (χ2n) is 5.53. The Labute approximate surface area is 122 Å². The SMILES string of the molecule is CC(N)Cc1cccc(Br)c1OCC1(CC#N)CC1. The second kappa shape index (κ2) is 5.94. The highest BCUT2D eigenvalue weighted by atomic mass is 79.9. The van der Waals surface area contributed by atoms with E-state index in [4.69, 9.17) is 15.7 Å². The summed E-state index contributed by atoms with van der Waals surface area (Å²) in [5.41, 5.74) is 7.09. The van der Waals surface area contributed by atoms with Gasteiger partial charge in [-0.25, -0.2) is 0 Å². The van der Waals surface area contributed by atoms with Crippen molar-refractivity contribution in [2.75, 3.05) is 6.61 Å². The molecule has 1 aromatic rings. The first-order valence-electron chi connectivity index (χ1n) is 6.59. The van der Waals surface area contributed by atoms with Gasteiger partial charge in [0, 0.05) is 17.9 Å². The third-order valence-electron chi connectivity index (χ3n) is 3.52. The summed E-state index contributed by atoms with van der Waals surface area (Å²) in [6.07, 6.45) is 3.56. The average Bonchev–Trinajstić information content (AvgIpc) is 3.08. The van der Waals surface area contributed by atoms with Crippen molar-refractivity contribution < 1.29 is 4.74 Å². The van der Waals surface area contributed by atoms with Crippen molar-refractivity contribution >= 4 is 15.9 Å². The molecular formula is C15H19BrN2O. The Morgan fingerprint density at radius 1 is 1.53 bits per heavy atom. The van der Waals surface area contributed by atoms with Crippen LogP contribution in [0.25, 0.3) is 0 Å². The normalized spacial score (nSPS) is 17.6. The number of hydrogen-bond acceptors (Lipinski definition) is 3. The molecule has 0 heterocycles. The van der Waals surface area contributed by atoms with Crippen LogP contribution in [0.5, 0.6) is 5.75 Å². The summed E-state index contributed by atoms with van der Waals surface area (Å²) in [4.78, 5) is 0. The highest BCUT2D eigenvalue weighted by Crippen LogP contribution is 2.49. The van der Waals surface area contributed by atoms with Crippen molar-refractivity contribution in [2.24, 2.45) is 11.1 Å². The van der Waals surface area contributed by atoms with Gasteiger partial charge in [-0.15, -0.1) is 0 Å². The molecule has 1 unspecified atom stereocenters. The molecule has 4 heteroatoms. The quantitative estimate of drug-likeness (QED) is 0.873. The number of para-hydroxylation sites is 1. The van der Waals surface area contributed by atoms with E-state index in [9.17, 15) is 0 Å². The lowest BCUT2D eigenvalue weighted by Crippen LogP contribution is -2.19. The molecule has 1 aliphatic rings. The molecule has 0 aliphatic heterocycles. The topological polar surface area (TPSA) is 59.0 Å². The molecule has 3 nitrogen and oxygen atoms in total. The lowest BCUT2D eigenvalue weighted by atomic mass is 10.0. The van der Waals surface area contributed by atoms with Crippen LogP contribution >= 0.6 is 15.9 Å². The Kier molecular flexibility index (Phi) is 4.49. The van der Waals surface area contributed by atoms with Crippen LogP contribution in [0.1, 0.15) is 31.7 Å². The molecule has 1 aromatic carbocycles. The molecule has 0 radical (unpaired) electrons. The van der Waals surface area contributed by atoms with E-state index in [1.54, 1.807) is 0 Å². The molecule has 1 saturated carbocycles. The molecule has 0 amide bonds. The molecule has 0 spiro atoms. The maximum atomic E-state index is 8.84. The van der Waals surface area contributed by atoms with Crippen molar-refractivity contribution in [2.45, 2.75) is 38.6 Å². The van der Waals surface area contributed by atoms with Gasteiger partial charge >= 0.3 is 0 Å². The van der Waals surface area contributed by atoms with Gasteiger partial charge in [0.05, 0.1) is 17.1 Å². The van der Waals surface area contributed by atoms with Gasteiger partial charge < -0.3 is 10.5 Å². The van der Waals surface area contributed by atoms with Gasteiger partial charge in [0.15, 0.2) is 0 Å². The third kappa shape index (κ3) is 3.71. The zero-order chi connectivity index (χ0) is 13.9. The first kappa shape index (κ1) is 14.4. The van der Waals surface area contributed by atoms with Crippen LogP contribution in [-0.2, 0) is 6.42 Å². The Balaban J connectivity index is 2.09. The Morgan fingerprint density at radius 3 is 2.84 bits per heavy atom. The third-order valence-corrected chi connectivity index (χ3v) is 4.15. The van der Waals surface area contributed by atoms with E-state index in [0.717, 1.165) is 35.0 Å². The summed E-state index contributed by atoms with van der Waals surface area (Å²) < 4.78 is 6.95. The fourth-order valence-corrected chi connectivity index (χ4v) is 2.69. The van der Waals surface area contributed by atoms with Crippen LogP contribution in [0.15, 0.2) is 22.7 Å². The van der Waals surface area contributed by atoms with Gasteiger partial charge in [-0.1, -0.05) is 12.1 Å². The van der Waals surface area contributed by atoms with E-state index in [-0.39, 0.29) is 11.5 Å². The molecule has 1 fully saturated rings. The summed E-state index contributed by atoms with van der Waals surface area (Å²) in [5.74, 6) is 0.879. The maximum absolute atomic E-state index is 8.84. The fraction of sp³-hybridized carbons (Fsp3) is 0.533. The molecule has 0 aromatic heterocycles. The van der Waals surface area contributed by atoms with E-state index in [0.29, 0.717) is 13.0 Å². The maximum Gasteiger partial charge on any atom is 0.136 e. The van der Waals surface area contributed by atoms with E-state index in [2.05, 4.69) is 22.0 Å². The average molecular weight is 323 g/mol. The van der Waals surface area contributed by atoms with Crippen molar-refractivity contribution in [3.05, 3.63) is 28.2 Å². The van der Waals surface area contributed by atoms with Gasteiger partial charge in [0.1, 0.15) is 5.75 Å². The molecule has 0 saturated heterocycles. The summed E-state index contributed by atoms with van der Waals surface area (Å²) in [5, 5.41) is 8.84. The van der Waals surface area contributed by atoms with E-state index >= 15 is 0 Å². The Bertz CT molecular complexity index is 489. The number of halogens is 1. The van der Waals surface area contributed by atoms with Gasteiger partial charge in [-0.2, -0.15) is 5.26 Å². The van der Waals surface area contributed by atoms with Gasteiger partial charge in [0.2, 0.25) is 0 Å². The zero-order valence-electron chi connectivity index (χ0n) is 11.2. The smallest absolute Gasteiger partial charge is 0.136 e. The molecule has 1 aliphatic carbocycles. The Hall–Kier alpha value is -1.05. The van der Waals surface area contributed by atoms with Gasteiger partial charge in [-0.05, 0) is 53.7 Å². The highest BCUT2D eigenvalue weighted by molar-refractivity contribution is 9.10. The minimum absolute atomic E-state index is 0.0929. The second-order valence-corrected chi connectivity index (χ2v) is 6.39. The van der Waals surface area contributed by atoms with Crippen molar-refractivity contribution in [1.29, 1.82) is 5.26 Å². The molecule has 1 atom stereocenters. The standard InChI is InChI=1S/C15H19BrN2O/c1-11(18)9-12-3-2-4-13(16)14(12)19-10-15(5-6-15)7-8-17/h2-4,11H,5-7,9-10,18H2,1H3. The number of nitriles is 1. The highest BCUT2D eigenvalue weighted by Gasteiger charge is 2.43. The number of nitrogens with zero attached hydrogens (tertiary/aromatic N) is 1. The zero-order valence-corrected chi connectivity index (χ0v) is 12.7. The van der Waals surface area contributed by atoms with Crippen LogP contribution in [0.4, 0.5) is 0 Å². The molecule has 19 heavy (non-hydrogen) atoms. The van der Waals surface area contributed by atoms with E-state index in [1.807, 2.05) is 25.1 Å². The summed E-state index contributed by atoms with van der Waals surface area (Å²) >= 11 is 3.53. The largest absolute Gasteiger partial charge is 0.492 e. The number of benzene rings is 1. The first-order valence-corrected chi connectivity index (χ1v) is 7.38. The summed E-state index contributed by atoms with van der Waals surface area (Å²) in [6, 6.07) is 8.38. The predicted molar refractivity (Wildman–Crippen MR) is 78.9 cm³/mol. The van der Waals surface area contributed by atoms with Crippen LogP contribution in [0, 0.1) is 16.7 Å². The van der Waals surface area contributed by atoms with Crippen LogP contribution in [0.2, 0.25) is 0 Å². The van der Waals surface area contributed by atoms with Crippen LogP contribution < -0.4 is 10.5 Å². The van der Waals surface area contributed by atoms with Crippen molar-refractivity contribution in [3.8, 4) is 11.8 Å². The molecule has 2 rings (SSSR count). The van der Waals surface area contributed by atoms with Crippen molar-refractivity contribution in [3.63, 3.8) is 0 Å². The number of hydrogen-bond donors (Lipinski definition) is 1. The lowest BCUT2D eigenvalue weighted by molar-refractivity contribution is 0.233. The van der Waals surface area contributed by atoms with E-state index in [1.165, 1.54) is 0 Å². The summed E-state index contributed by atoms with van der Waals surface area (Å²) in [7, 11) is 0. The number of ether oxygens (including phenoxy) is 1. The van der Waals surface area contributed by atoms with Gasteiger partial charge in [-0.3, -0.25) is 0 Å². The fourth-order valence-electron chi connectivity index (χ4n) is 2.16. The van der Waals surface area contributed by atoms with Crippen LogP contribution in [0.3, 0.4) is 0 Å². The minimum Gasteiger partial charge on any atom is -0.492 e. The summed E-state index contributed by atoms with van der Waals surface area (Å²) in [6.45, 7) is 2.61. The Morgan fingerprint density at radius 2 is 2.26 bits per heavy atom. The number of rotatable bonds is 6. The number of nitrogens with two attached hydrogens (primary N) is 1. The monoisotopic (exact) mass is 322 g/mol. The lowest BCUT2D eigenvalue weighted by Gasteiger charge is -2.18. The molecular weight excluding hydrogens is 304 g/mol.